The number of carboxylic acids is 1. The van der Waals surface area contributed by atoms with Gasteiger partial charge in [0.15, 0.2) is 0 Å². The summed E-state index contributed by atoms with van der Waals surface area (Å²) in [7, 11) is 0. The average Bonchev–Trinajstić information content (AvgIpc) is 2.80. The Bertz CT molecular complexity index is 913. The predicted octanol–water partition coefficient (Wildman–Crippen LogP) is 4.54. The van der Waals surface area contributed by atoms with Crippen LogP contribution in [0.2, 0.25) is 0 Å². The number of hydrogen-bond donors (Lipinski definition) is 5. The van der Waals surface area contributed by atoms with Gasteiger partial charge in [0.2, 0.25) is 0 Å². The second-order valence-corrected chi connectivity index (χ2v) is 14.7. The van der Waals surface area contributed by atoms with E-state index in [1.807, 2.05) is 0 Å². The van der Waals surface area contributed by atoms with E-state index in [-0.39, 0.29) is 59.0 Å². The van der Waals surface area contributed by atoms with Crippen molar-refractivity contribution in [3.63, 3.8) is 0 Å². The van der Waals surface area contributed by atoms with Gasteiger partial charge in [0.1, 0.15) is 0 Å². The van der Waals surface area contributed by atoms with Gasteiger partial charge in [0.05, 0.1) is 18.3 Å². The van der Waals surface area contributed by atoms with Crippen LogP contribution in [0.4, 0.5) is 0 Å². The van der Waals surface area contributed by atoms with Gasteiger partial charge in [-0.05, 0) is 97.7 Å². The maximum Gasteiger partial charge on any atom is 0.303 e. The molecular weight excluding hydrogens is 456 g/mol. The van der Waals surface area contributed by atoms with Crippen LogP contribution in [0.5, 0.6) is 0 Å². The minimum absolute atomic E-state index is 0.0517. The zero-order chi connectivity index (χ0) is 26.9. The molecule has 0 aromatic rings. The highest BCUT2D eigenvalue weighted by Crippen LogP contribution is 2.74. The van der Waals surface area contributed by atoms with Crippen molar-refractivity contribution in [2.45, 2.75) is 111 Å². The first-order chi connectivity index (χ1) is 16.5. The number of aliphatic carboxylic acids is 1. The van der Waals surface area contributed by atoms with Crippen molar-refractivity contribution in [3.8, 4) is 0 Å². The Kier molecular flexibility index (Phi) is 6.85. The first kappa shape index (κ1) is 28.1. The van der Waals surface area contributed by atoms with Crippen LogP contribution in [0.3, 0.4) is 0 Å². The largest absolute Gasteiger partial charge is 0.481 e. The van der Waals surface area contributed by atoms with Crippen molar-refractivity contribution >= 4 is 5.97 Å². The van der Waals surface area contributed by atoms with E-state index >= 15 is 0 Å². The van der Waals surface area contributed by atoms with Crippen LogP contribution < -0.4 is 0 Å². The normalized spacial score (nSPS) is 50.2. The first-order valence-electron chi connectivity index (χ1n) is 14.1. The fourth-order valence-electron chi connectivity index (χ4n) is 9.92. The smallest absolute Gasteiger partial charge is 0.303 e. The summed E-state index contributed by atoms with van der Waals surface area (Å²) in [5.74, 6) is -0.624. The summed E-state index contributed by atoms with van der Waals surface area (Å²) in [4.78, 5) is 11.7. The van der Waals surface area contributed by atoms with Crippen LogP contribution in [-0.4, -0.2) is 56.4 Å². The zero-order valence-electron chi connectivity index (χ0n) is 23.3. The Balaban J connectivity index is 1.81. The molecule has 6 nitrogen and oxygen atoms in total. The number of carboxylic acid groups (broad SMARTS) is 1. The molecule has 206 valence electrons. The van der Waals surface area contributed by atoms with Crippen LogP contribution in [0.25, 0.3) is 0 Å². The lowest BCUT2D eigenvalue weighted by Crippen LogP contribution is -2.64. The summed E-state index contributed by atoms with van der Waals surface area (Å²) in [5, 5.41) is 52.5. The van der Waals surface area contributed by atoms with Gasteiger partial charge in [-0.15, -0.1) is 0 Å². The molecule has 5 N–H and O–H groups in total. The molecule has 0 spiro atoms. The second-order valence-electron chi connectivity index (χ2n) is 14.7. The van der Waals surface area contributed by atoms with Crippen molar-refractivity contribution in [3.05, 3.63) is 11.6 Å². The summed E-state index contributed by atoms with van der Waals surface area (Å²) < 4.78 is 0. The minimum atomic E-state index is -1.26. The molecule has 4 aliphatic rings. The van der Waals surface area contributed by atoms with E-state index in [9.17, 15) is 30.3 Å². The molecule has 4 aliphatic carbocycles. The maximum absolute atomic E-state index is 11.7. The summed E-state index contributed by atoms with van der Waals surface area (Å²) in [6.45, 7) is 12.7. The van der Waals surface area contributed by atoms with E-state index < -0.39 is 23.1 Å². The lowest BCUT2D eigenvalue weighted by atomic mass is 9.35. The third-order valence-corrected chi connectivity index (χ3v) is 12.6. The number of hydrogen-bond acceptors (Lipinski definition) is 5. The molecule has 1 unspecified atom stereocenters. The van der Waals surface area contributed by atoms with Crippen molar-refractivity contribution < 1.29 is 30.3 Å². The number of allylic oxidation sites excluding steroid dienone is 2. The van der Waals surface area contributed by atoms with Crippen LogP contribution in [0.15, 0.2) is 11.6 Å². The third-order valence-electron chi connectivity index (χ3n) is 12.6. The van der Waals surface area contributed by atoms with E-state index in [2.05, 4.69) is 40.7 Å². The molecule has 0 aliphatic heterocycles. The Morgan fingerprint density at radius 2 is 1.75 bits per heavy atom. The predicted molar refractivity (Wildman–Crippen MR) is 139 cm³/mol. The molecule has 10 atom stereocenters. The van der Waals surface area contributed by atoms with Crippen molar-refractivity contribution in [2.24, 2.45) is 44.8 Å². The summed E-state index contributed by atoms with van der Waals surface area (Å²) in [5.41, 5.74) is -0.960. The molecule has 0 saturated heterocycles. The number of fused-ring (bicyclic) bond motifs is 5. The lowest BCUT2D eigenvalue weighted by molar-refractivity contribution is -0.201. The van der Waals surface area contributed by atoms with Gasteiger partial charge in [0.25, 0.3) is 0 Å². The highest BCUT2D eigenvalue weighted by Gasteiger charge is 2.67. The molecule has 0 bridgehead atoms. The lowest BCUT2D eigenvalue weighted by Gasteiger charge is -2.70. The quantitative estimate of drug-likeness (QED) is 0.338. The first-order valence-corrected chi connectivity index (χ1v) is 14.1. The van der Waals surface area contributed by atoms with E-state index in [0.29, 0.717) is 12.8 Å². The summed E-state index contributed by atoms with van der Waals surface area (Å²) >= 11 is 0. The molecule has 36 heavy (non-hydrogen) atoms. The van der Waals surface area contributed by atoms with Gasteiger partial charge in [0, 0.05) is 18.4 Å². The second kappa shape index (κ2) is 8.79. The van der Waals surface area contributed by atoms with Crippen LogP contribution in [-0.2, 0) is 4.79 Å². The maximum atomic E-state index is 11.7. The van der Waals surface area contributed by atoms with Gasteiger partial charge in [-0.25, -0.2) is 0 Å². The number of aliphatic hydroxyl groups is 4. The molecule has 0 aromatic heterocycles. The van der Waals surface area contributed by atoms with Gasteiger partial charge in [-0.1, -0.05) is 46.3 Å². The number of aliphatic hydroxyl groups excluding tert-OH is 3. The van der Waals surface area contributed by atoms with Gasteiger partial charge in [-0.3, -0.25) is 4.79 Å². The fraction of sp³-hybridized carbons (Fsp3) is 0.900. The average molecular weight is 507 g/mol. The Morgan fingerprint density at radius 1 is 1.08 bits per heavy atom. The van der Waals surface area contributed by atoms with Gasteiger partial charge in [-0.2, -0.15) is 0 Å². The topological polar surface area (TPSA) is 118 Å². The molecule has 0 radical (unpaired) electrons. The van der Waals surface area contributed by atoms with E-state index in [1.54, 1.807) is 6.92 Å². The van der Waals surface area contributed by atoms with Crippen LogP contribution >= 0.6 is 0 Å². The minimum Gasteiger partial charge on any atom is -0.481 e. The van der Waals surface area contributed by atoms with Crippen LogP contribution in [0.1, 0.15) is 99.3 Å². The van der Waals surface area contributed by atoms with E-state index in [0.717, 1.165) is 38.5 Å². The number of rotatable bonds is 6. The van der Waals surface area contributed by atoms with Gasteiger partial charge >= 0.3 is 5.97 Å². The molecule has 0 amide bonds. The van der Waals surface area contributed by atoms with Crippen molar-refractivity contribution in [1.82, 2.24) is 0 Å². The Labute approximate surface area is 217 Å². The molecule has 4 rings (SSSR count). The van der Waals surface area contributed by atoms with E-state index in [1.165, 1.54) is 5.57 Å². The highest BCUT2D eigenvalue weighted by molar-refractivity contribution is 5.66. The fourth-order valence-corrected chi connectivity index (χ4v) is 9.92. The van der Waals surface area contributed by atoms with Gasteiger partial charge < -0.3 is 25.5 Å². The molecule has 0 aromatic carbocycles. The molecule has 0 heterocycles. The molecule has 6 heteroatoms. The highest BCUT2D eigenvalue weighted by atomic mass is 16.4. The summed E-state index contributed by atoms with van der Waals surface area (Å²) in [6.07, 6.45) is 8.37. The third kappa shape index (κ3) is 3.84. The number of carbonyl (C=O) groups is 1. The molecular formula is C30H50O6. The SMILES string of the molecule is CC(O)(CO)[C@@H]1CC[C@]2(C)[C@H](CC=C3[C@@H]4C[C@@](C)(CO)C[C@@H](O)[C@]4(C)CC[C@]32C)[C@@]1(C)CCC(=O)O. The van der Waals surface area contributed by atoms with Crippen LogP contribution in [0, 0.1) is 44.8 Å². The molecule has 3 fully saturated rings. The Morgan fingerprint density at radius 3 is 2.33 bits per heavy atom. The van der Waals surface area contributed by atoms with Crippen molar-refractivity contribution in [1.29, 1.82) is 0 Å². The standard InChI is InChI=1S/C30H50O6/c1-25(17-31)15-20-19-7-8-21-27(3,11-10-24(34)35)22(30(6,36)18-32)9-12-29(21,5)28(19,4)14-13-26(20,2)23(33)16-25/h7,20-23,31-33,36H,8-18H2,1-6H3,(H,34,35)/t20-,21+,22+,23+,25+,26+,27+,28+,29+,30?/m0/s1. The monoisotopic (exact) mass is 506 g/mol. The van der Waals surface area contributed by atoms with E-state index in [4.69, 9.17) is 0 Å². The molecule has 3 saturated carbocycles. The Hall–Kier alpha value is -0.950. The van der Waals surface area contributed by atoms with Crippen molar-refractivity contribution in [2.75, 3.05) is 13.2 Å². The zero-order valence-corrected chi connectivity index (χ0v) is 23.3. The summed E-state index contributed by atoms with van der Waals surface area (Å²) in [6, 6.07) is 0.